The van der Waals surface area contributed by atoms with Gasteiger partial charge >= 0.3 is 0 Å². The van der Waals surface area contributed by atoms with E-state index in [1.165, 1.54) is 29.8 Å². The van der Waals surface area contributed by atoms with Crippen LogP contribution in [0.1, 0.15) is 35.0 Å². The van der Waals surface area contributed by atoms with Crippen molar-refractivity contribution >= 4 is 11.3 Å². The molecular weight excluding hydrogens is 156 g/mol. The van der Waals surface area contributed by atoms with Gasteiger partial charge in [0.25, 0.3) is 0 Å². The van der Waals surface area contributed by atoms with Crippen molar-refractivity contribution in [2.24, 2.45) is 5.73 Å². The van der Waals surface area contributed by atoms with Crippen molar-refractivity contribution in [2.75, 3.05) is 0 Å². The molecule has 0 saturated heterocycles. The summed E-state index contributed by atoms with van der Waals surface area (Å²) < 4.78 is 0. The highest BCUT2D eigenvalue weighted by Crippen LogP contribution is 2.29. The van der Waals surface area contributed by atoms with Gasteiger partial charge < -0.3 is 5.73 Å². The molecular formula is C8H12N2S. The van der Waals surface area contributed by atoms with Gasteiger partial charge in [-0.2, -0.15) is 0 Å². The minimum atomic E-state index is 0.116. The third-order valence-corrected chi connectivity index (χ3v) is 3.36. The summed E-state index contributed by atoms with van der Waals surface area (Å²) in [6.45, 7) is 1.99. The zero-order chi connectivity index (χ0) is 7.84. The van der Waals surface area contributed by atoms with Crippen LogP contribution in [0.5, 0.6) is 0 Å². The Labute approximate surface area is 70.5 Å². The van der Waals surface area contributed by atoms with Crippen molar-refractivity contribution in [2.45, 2.75) is 32.2 Å². The summed E-state index contributed by atoms with van der Waals surface area (Å²) in [4.78, 5) is 5.95. The normalized spacial score (nSPS) is 18.4. The first-order valence-electron chi connectivity index (χ1n) is 4.01. The van der Waals surface area contributed by atoms with Crippen LogP contribution in [0.15, 0.2) is 0 Å². The molecule has 0 bridgehead atoms. The number of aromatic nitrogens is 1. The molecule has 11 heavy (non-hydrogen) atoms. The lowest BCUT2D eigenvalue weighted by Gasteiger charge is -1.97. The molecule has 1 aromatic heterocycles. The number of hydrogen-bond donors (Lipinski definition) is 1. The van der Waals surface area contributed by atoms with E-state index in [1.54, 1.807) is 11.3 Å². The molecule has 0 saturated carbocycles. The van der Waals surface area contributed by atoms with Crippen LogP contribution in [0.25, 0.3) is 0 Å². The molecule has 2 nitrogen and oxygen atoms in total. The van der Waals surface area contributed by atoms with E-state index in [-0.39, 0.29) is 6.04 Å². The second-order valence-electron chi connectivity index (χ2n) is 3.06. The van der Waals surface area contributed by atoms with Crippen molar-refractivity contribution in [1.82, 2.24) is 4.98 Å². The lowest BCUT2D eigenvalue weighted by Crippen LogP contribution is -2.04. The average molecular weight is 168 g/mol. The minimum absolute atomic E-state index is 0.116. The number of fused-ring (bicyclic) bond motifs is 1. The molecule has 0 aromatic carbocycles. The third-order valence-electron chi connectivity index (χ3n) is 2.00. The smallest absolute Gasteiger partial charge is 0.110 e. The van der Waals surface area contributed by atoms with Crippen molar-refractivity contribution < 1.29 is 0 Å². The molecule has 1 unspecified atom stereocenters. The van der Waals surface area contributed by atoms with E-state index in [2.05, 4.69) is 4.98 Å². The molecule has 2 N–H and O–H groups in total. The number of nitrogens with zero attached hydrogens (tertiary/aromatic N) is 1. The van der Waals surface area contributed by atoms with E-state index in [0.717, 1.165) is 5.01 Å². The molecule has 0 amide bonds. The molecule has 3 heteroatoms. The number of hydrogen-bond acceptors (Lipinski definition) is 3. The fourth-order valence-electron chi connectivity index (χ4n) is 1.41. The van der Waals surface area contributed by atoms with Crippen molar-refractivity contribution in [3.8, 4) is 0 Å². The molecule has 0 aliphatic heterocycles. The fourth-order valence-corrected chi connectivity index (χ4v) is 2.51. The van der Waals surface area contributed by atoms with Crippen LogP contribution in [0.3, 0.4) is 0 Å². The SMILES string of the molecule is CC(N)c1nc2c(s1)CCC2. The summed E-state index contributed by atoms with van der Waals surface area (Å²) >= 11 is 1.79. The van der Waals surface area contributed by atoms with E-state index in [0.29, 0.717) is 0 Å². The summed E-state index contributed by atoms with van der Waals surface area (Å²) in [6.07, 6.45) is 3.67. The Balaban J connectivity index is 2.34. The second kappa shape index (κ2) is 2.57. The molecule has 0 radical (unpaired) electrons. The predicted octanol–water partition coefficient (Wildman–Crippen LogP) is 1.65. The first kappa shape index (κ1) is 7.25. The lowest BCUT2D eigenvalue weighted by atomic mass is 10.3. The van der Waals surface area contributed by atoms with Crippen LogP contribution in [0.4, 0.5) is 0 Å². The van der Waals surface area contributed by atoms with Gasteiger partial charge in [-0.05, 0) is 26.2 Å². The van der Waals surface area contributed by atoms with Crippen LogP contribution in [-0.4, -0.2) is 4.98 Å². The maximum absolute atomic E-state index is 5.72. The van der Waals surface area contributed by atoms with Crippen molar-refractivity contribution in [3.05, 3.63) is 15.6 Å². The van der Waals surface area contributed by atoms with Gasteiger partial charge in [-0.25, -0.2) is 4.98 Å². The Morgan fingerprint density at radius 1 is 1.55 bits per heavy atom. The molecule has 1 heterocycles. The summed E-state index contributed by atoms with van der Waals surface area (Å²) in [5, 5.41) is 1.11. The first-order valence-corrected chi connectivity index (χ1v) is 4.83. The Bertz CT molecular complexity index is 244. The summed E-state index contributed by atoms with van der Waals surface area (Å²) in [5.74, 6) is 0. The van der Waals surface area contributed by atoms with Gasteiger partial charge in [-0.15, -0.1) is 11.3 Å². The molecule has 2 rings (SSSR count). The van der Waals surface area contributed by atoms with Gasteiger partial charge in [0.05, 0.1) is 11.7 Å². The third kappa shape index (κ3) is 1.19. The summed E-state index contributed by atoms with van der Waals surface area (Å²) in [7, 11) is 0. The van der Waals surface area contributed by atoms with Crippen molar-refractivity contribution in [1.29, 1.82) is 0 Å². The van der Waals surface area contributed by atoms with Crippen LogP contribution in [0.2, 0.25) is 0 Å². The minimum Gasteiger partial charge on any atom is -0.322 e. The van der Waals surface area contributed by atoms with Gasteiger partial charge in [0.1, 0.15) is 5.01 Å². The average Bonchev–Trinajstić information content (AvgIpc) is 2.40. The first-order chi connectivity index (χ1) is 5.27. The topological polar surface area (TPSA) is 38.9 Å². The van der Waals surface area contributed by atoms with E-state index in [9.17, 15) is 0 Å². The molecule has 1 aliphatic rings. The van der Waals surface area contributed by atoms with Crippen LogP contribution in [-0.2, 0) is 12.8 Å². The molecule has 1 aliphatic carbocycles. The van der Waals surface area contributed by atoms with Crippen molar-refractivity contribution in [3.63, 3.8) is 0 Å². The van der Waals surface area contributed by atoms with Gasteiger partial charge in [-0.3, -0.25) is 0 Å². The molecule has 0 spiro atoms. The van der Waals surface area contributed by atoms with E-state index >= 15 is 0 Å². The Morgan fingerprint density at radius 3 is 3.00 bits per heavy atom. The highest BCUT2D eigenvalue weighted by Gasteiger charge is 2.17. The standard InChI is InChI=1S/C8H12N2S/c1-5(9)8-10-6-3-2-4-7(6)11-8/h5H,2-4,9H2,1H3. The van der Waals surface area contributed by atoms with Crippen LogP contribution < -0.4 is 5.73 Å². The van der Waals surface area contributed by atoms with Gasteiger partial charge in [0, 0.05) is 4.88 Å². The lowest BCUT2D eigenvalue weighted by molar-refractivity contribution is 0.793. The number of aryl methyl sites for hydroxylation is 2. The van der Waals surface area contributed by atoms with E-state index in [1.807, 2.05) is 6.92 Å². The molecule has 1 aromatic rings. The summed E-state index contributed by atoms with van der Waals surface area (Å²) in [5.41, 5.74) is 7.03. The molecule has 0 fully saturated rings. The van der Waals surface area contributed by atoms with E-state index in [4.69, 9.17) is 5.73 Å². The van der Waals surface area contributed by atoms with Crippen LogP contribution in [0, 0.1) is 0 Å². The highest BCUT2D eigenvalue weighted by molar-refractivity contribution is 7.11. The Morgan fingerprint density at radius 2 is 2.36 bits per heavy atom. The van der Waals surface area contributed by atoms with Gasteiger partial charge in [-0.1, -0.05) is 0 Å². The number of thiazole rings is 1. The van der Waals surface area contributed by atoms with Gasteiger partial charge in [0.15, 0.2) is 0 Å². The maximum atomic E-state index is 5.72. The maximum Gasteiger partial charge on any atom is 0.110 e. The Hall–Kier alpha value is -0.410. The zero-order valence-electron chi connectivity index (χ0n) is 6.63. The number of rotatable bonds is 1. The summed E-state index contributed by atoms with van der Waals surface area (Å²) in [6, 6.07) is 0.116. The van der Waals surface area contributed by atoms with E-state index < -0.39 is 0 Å². The monoisotopic (exact) mass is 168 g/mol. The fraction of sp³-hybridized carbons (Fsp3) is 0.625. The highest BCUT2D eigenvalue weighted by atomic mass is 32.1. The second-order valence-corrected chi connectivity index (χ2v) is 4.18. The van der Waals surface area contributed by atoms with Crippen LogP contribution >= 0.6 is 11.3 Å². The number of nitrogens with two attached hydrogens (primary N) is 1. The Kier molecular flexibility index (Phi) is 1.69. The quantitative estimate of drug-likeness (QED) is 0.692. The molecule has 1 atom stereocenters. The molecule has 60 valence electrons. The largest absolute Gasteiger partial charge is 0.322 e. The van der Waals surface area contributed by atoms with Gasteiger partial charge in [0.2, 0.25) is 0 Å². The predicted molar refractivity (Wildman–Crippen MR) is 46.7 cm³/mol. The zero-order valence-corrected chi connectivity index (χ0v) is 7.45.